The van der Waals surface area contributed by atoms with Gasteiger partial charge in [0.15, 0.2) is 9.84 Å². The number of hydrogen-bond acceptors (Lipinski definition) is 4. The molecule has 0 radical (unpaired) electrons. The van der Waals surface area contributed by atoms with Crippen molar-refractivity contribution in [1.29, 1.82) is 0 Å². The predicted octanol–water partition coefficient (Wildman–Crippen LogP) is 2.70. The van der Waals surface area contributed by atoms with E-state index in [0.29, 0.717) is 5.69 Å². The van der Waals surface area contributed by atoms with Crippen molar-refractivity contribution in [2.45, 2.75) is 11.8 Å². The van der Waals surface area contributed by atoms with Gasteiger partial charge in [-0.25, -0.2) is 8.42 Å². The van der Waals surface area contributed by atoms with Crippen LogP contribution < -0.4 is 5.32 Å². The third kappa shape index (κ3) is 3.59. The Kier molecular flexibility index (Phi) is 4.29. The largest absolute Gasteiger partial charge is 0.322 e. The quantitative estimate of drug-likeness (QED) is 0.941. The second-order valence-electron chi connectivity index (χ2n) is 4.56. The number of amides is 1. The van der Waals surface area contributed by atoms with Crippen LogP contribution in [0, 0.1) is 6.92 Å². The highest BCUT2D eigenvalue weighted by Gasteiger charge is 2.14. The summed E-state index contributed by atoms with van der Waals surface area (Å²) in [5, 5.41) is 2.89. The average molecular weight is 325 g/mol. The molecule has 2 rings (SSSR count). The number of aryl methyl sites for hydroxylation is 1. The Morgan fingerprint density at radius 3 is 2.62 bits per heavy atom. The maximum atomic E-state index is 12.2. The van der Waals surface area contributed by atoms with E-state index < -0.39 is 15.7 Å². The molecular formula is C14H13ClN2O3S. The molecule has 1 aromatic heterocycles. The van der Waals surface area contributed by atoms with Gasteiger partial charge < -0.3 is 5.32 Å². The summed E-state index contributed by atoms with van der Waals surface area (Å²) < 4.78 is 23.1. The molecule has 0 saturated carbocycles. The Labute approximate surface area is 127 Å². The van der Waals surface area contributed by atoms with E-state index in [-0.39, 0.29) is 15.5 Å². The summed E-state index contributed by atoms with van der Waals surface area (Å²) >= 11 is 5.91. The Balaban J connectivity index is 2.36. The number of rotatable bonds is 3. The molecule has 0 aliphatic rings. The number of pyridine rings is 1. The fourth-order valence-corrected chi connectivity index (χ4v) is 2.57. The van der Waals surface area contributed by atoms with Crippen LogP contribution in [-0.4, -0.2) is 25.6 Å². The minimum Gasteiger partial charge on any atom is -0.322 e. The summed E-state index contributed by atoms with van der Waals surface area (Å²) in [6.45, 7) is 1.77. The van der Waals surface area contributed by atoms with Gasteiger partial charge in [0.1, 0.15) is 0 Å². The highest BCUT2D eigenvalue weighted by molar-refractivity contribution is 7.90. The summed E-state index contributed by atoms with van der Waals surface area (Å²) in [7, 11) is -3.34. The van der Waals surface area contributed by atoms with E-state index in [2.05, 4.69) is 10.3 Å². The van der Waals surface area contributed by atoms with Crippen molar-refractivity contribution in [3.63, 3.8) is 0 Å². The molecule has 0 aliphatic carbocycles. The van der Waals surface area contributed by atoms with Crippen LogP contribution in [-0.2, 0) is 9.84 Å². The fraction of sp³-hybridized carbons (Fsp3) is 0.143. The normalized spacial score (nSPS) is 11.2. The maximum absolute atomic E-state index is 12.2. The zero-order chi connectivity index (χ0) is 15.6. The Morgan fingerprint density at radius 1 is 1.29 bits per heavy atom. The number of carbonyl (C=O) groups excluding carboxylic acids is 1. The lowest BCUT2D eigenvalue weighted by molar-refractivity contribution is 0.102. The number of nitrogens with one attached hydrogen (secondary N) is 1. The second kappa shape index (κ2) is 5.83. The summed E-state index contributed by atoms with van der Waals surface area (Å²) in [6, 6.07) is 6.06. The third-order valence-electron chi connectivity index (χ3n) is 2.90. The number of anilines is 1. The van der Waals surface area contributed by atoms with Crippen LogP contribution in [0.4, 0.5) is 5.69 Å². The van der Waals surface area contributed by atoms with Crippen LogP contribution in [0.5, 0.6) is 0 Å². The van der Waals surface area contributed by atoms with Gasteiger partial charge in [-0.2, -0.15) is 0 Å². The Hall–Kier alpha value is -1.92. The molecule has 1 aromatic carbocycles. The maximum Gasteiger partial charge on any atom is 0.257 e. The molecule has 2 aromatic rings. The topological polar surface area (TPSA) is 76.1 Å². The summed E-state index contributed by atoms with van der Waals surface area (Å²) in [6.07, 6.45) is 3.94. The molecule has 21 heavy (non-hydrogen) atoms. The van der Waals surface area contributed by atoms with Crippen molar-refractivity contribution in [3.05, 3.63) is 52.8 Å². The van der Waals surface area contributed by atoms with Gasteiger partial charge in [-0.15, -0.1) is 0 Å². The average Bonchev–Trinajstić information content (AvgIpc) is 2.40. The van der Waals surface area contributed by atoms with E-state index in [0.717, 1.165) is 11.8 Å². The number of sulfone groups is 1. The van der Waals surface area contributed by atoms with Crippen molar-refractivity contribution in [2.24, 2.45) is 0 Å². The van der Waals surface area contributed by atoms with Gasteiger partial charge in [0.2, 0.25) is 0 Å². The molecule has 0 unspecified atom stereocenters. The first-order valence-corrected chi connectivity index (χ1v) is 8.27. The molecule has 5 nitrogen and oxygen atoms in total. The van der Waals surface area contributed by atoms with Crippen molar-refractivity contribution in [2.75, 3.05) is 11.6 Å². The van der Waals surface area contributed by atoms with Crippen LogP contribution in [0.1, 0.15) is 15.9 Å². The smallest absolute Gasteiger partial charge is 0.257 e. The van der Waals surface area contributed by atoms with Gasteiger partial charge >= 0.3 is 0 Å². The molecular weight excluding hydrogens is 312 g/mol. The van der Waals surface area contributed by atoms with E-state index in [9.17, 15) is 13.2 Å². The van der Waals surface area contributed by atoms with Gasteiger partial charge in [0.05, 0.1) is 15.5 Å². The molecule has 1 amide bonds. The number of carbonyl (C=O) groups is 1. The first-order valence-electron chi connectivity index (χ1n) is 6.00. The van der Waals surface area contributed by atoms with E-state index in [4.69, 9.17) is 11.6 Å². The van der Waals surface area contributed by atoms with Crippen LogP contribution in [0.3, 0.4) is 0 Å². The number of nitrogens with zero attached hydrogens (tertiary/aromatic N) is 1. The van der Waals surface area contributed by atoms with Gasteiger partial charge in [0, 0.05) is 24.3 Å². The lowest BCUT2D eigenvalue weighted by Crippen LogP contribution is -2.14. The van der Waals surface area contributed by atoms with E-state index in [1.807, 2.05) is 0 Å². The van der Waals surface area contributed by atoms with Crippen molar-refractivity contribution >= 4 is 33.0 Å². The first-order chi connectivity index (χ1) is 9.79. The molecule has 1 N–H and O–H groups in total. The zero-order valence-electron chi connectivity index (χ0n) is 11.4. The van der Waals surface area contributed by atoms with Gasteiger partial charge in [-0.3, -0.25) is 9.78 Å². The van der Waals surface area contributed by atoms with Crippen LogP contribution in [0.15, 0.2) is 41.6 Å². The lowest BCUT2D eigenvalue weighted by atomic mass is 10.2. The number of benzene rings is 1. The van der Waals surface area contributed by atoms with Gasteiger partial charge in [-0.1, -0.05) is 17.7 Å². The highest BCUT2D eigenvalue weighted by Crippen LogP contribution is 2.22. The minimum atomic E-state index is -3.34. The number of aromatic nitrogens is 1. The molecule has 0 aliphatic heterocycles. The molecule has 0 bridgehead atoms. The molecule has 0 atom stereocenters. The molecule has 0 fully saturated rings. The molecule has 0 saturated heterocycles. The van der Waals surface area contributed by atoms with Gasteiger partial charge in [0.25, 0.3) is 5.91 Å². The van der Waals surface area contributed by atoms with Crippen LogP contribution in [0.25, 0.3) is 0 Å². The summed E-state index contributed by atoms with van der Waals surface area (Å²) in [5.74, 6) is -0.420. The first kappa shape index (κ1) is 15.5. The van der Waals surface area contributed by atoms with E-state index >= 15 is 0 Å². The van der Waals surface area contributed by atoms with Crippen LogP contribution in [0.2, 0.25) is 5.02 Å². The molecule has 7 heteroatoms. The number of halogens is 1. The van der Waals surface area contributed by atoms with Crippen molar-refractivity contribution in [1.82, 2.24) is 4.98 Å². The van der Waals surface area contributed by atoms with Crippen molar-refractivity contribution in [3.8, 4) is 0 Å². The van der Waals surface area contributed by atoms with Gasteiger partial charge in [-0.05, 0) is 30.7 Å². The SMILES string of the molecule is Cc1ccc(S(C)(=O)=O)cc1NC(=O)c1ccncc1Cl. The predicted molar refractivity (Wildman–Crippen MR) is 81.5 cm³/mol. The molecule has 1 heterocycles. The second-order valence-corrected chi connectivity index (χ2v) is 6.98. The van der Waals surface area contributed by atoms with Crippen molar-refractivity contribution < 1.29 is 13.2 Å². The summed E-state index contributed by atoms with van der Waals surface area (Å²) in [4.78, 5) is 16.1. The lowest BCUT2D eigenvalue weighted by Gasteiger charge is -2.10. The number of hydrogen-bond donors (Lipinski definition) is 1. The van der Waals surface area contributed by atoms with E-state index in [1.165, 1.54) is 30.6 Å². The third-order valence-corrected chi connectivity index (χ3v) is 4.31. The Morgan fingerprint density at radius 2 is 2.00 bits per heavy atom. The molecule has 0 spiro atoms. The minimum absolute atomic E-state index is 0.143. The van der Waals surface area contributed by atoms with Crippen LogP contribution >= 0.6 is 11.6 Å². The highest BCUT2D eigenvalue weighted by atomic mass is 35.5. The standard InChI is InChI=1S/C14H13ClN2O3S/c1-9-3-4-10(21(2,19)20)7-13(9)17-14(18)11-5-6-16-8-12(11)15/h3-8H,1-2H3,(H,17,18). The monoisotopic (exact) mass is 324 g/mol. The fourth-order valence-electron chi connectivity index (χ4n) is 1.72. The summed E-state index contributed by atoms with van der Waals surface area (Å²) in [5.41, 5.74) is 1.45. The van der Waals surface area contributed by atoms with E-state index in [1.54, 1.807) is 13.0 Å². The Bertz CT molecular complexity index is 804. The molecule has 110 valence electrons. The zero-order valence-corrected chi connectivity index (χ0v) is 13.0.